The van der Waals surface area contributed by atoms with Crippen LogP contribution < -0.4 is 5.73 Å². The Labute approximate surface area is 97.1 Å². The summed E-state index contributed by atoms with van der Waals surface area (Å²) in [7, 11) is -1.87. The molecule has 0 amide bonds. The molecule has 0 heterocycles. The Morgan fingerprint density at radius 1 is 1.31 bits per heavy atom. The highest BCUT2D eigenvalue weighted by Gasteiger charge is 2.25. The van der Waals surface area contributed by atoms with Gasteiger partial charge in [0.2, 0.25) is 10.0 Å². The van der Waals surface area contributed by atoms with Crippen LogP contribution in [0.25, 0.3) is 0 Å². The lowest BCUT2D eigenvalue weighted by atomic mass is 10.2. The van der Waals surface area contributed by atoms with Gasteiger partial charge in [-0.05, 0) is 38.5 Å². The Hall–Kier alpha value is -1.07. The molecule has 0 aromatic heterocycles. The van der Waals surface area contributed by atoms with Crippen LogP contribution >= 0.6 is 0 Å². The normalized spacial score (nSPS) is 12.4. The highest BCUT2D eigenvalue weighted by molar-refractivity contribution is 7.89. The van der Waals surface area contributed by atoms with Gasteiger partial charge in [-0.25, -0.2) is 8.42 Å². The van der Waals surface area contributed by atoms with Gasteiger partial charge in [0.1, 0.15) is 0 Å². The van der Waals surface area contributed by atoms with E-state index in [1.54, 1.807) is 32.2 Å². The van der Waals surface area contributed by atoms with Gasteiger partial charge in [0.25, 0.3) is 0 Å². The molecular weight excluding hydrogens is 224 g/mol. The minimum atomic E-state index is -3.44. The number of nitrogens with two attached hydrogens (primary N) is 1. The van der Waals surface area contributed by atoms with Gasteiger partial charge in [-0.3, -0.25) is 0 Å². The first-order valence-electron chi connectivity index (χ1n) is 5.11. The highest BCUT2D eigenvalue weighted by atomic mass is 32.2. The zero-order chi connectivity index (χ0) is 12.5. The first kappa shape index (κ1) is 13.0. The molecule has 1 aromatic rings. The van der Waals surface area contributed by atoms with E-state index in [1.165, 1.54) is 4.31 Å². The maximum Gasteiger partial charge on any atom is 0.243 e. The highest BCUT2D eigenvalue weighted by Crippen LogP contribution is 2.23. The number of nitrogens with zero attached hydrogens (tertiary/aromatic N) is 1. The monoisotopic (exact) mass is 242 g/mol. The summed E-state index contributed by atoms with van der Waals surface area (Å²) in [5.74, 6) is 0. The number of hydrogen-bond donors (Lipinski definition) is 1. The van der Waals surface area contributed by atoms with Crippen LogP contribution in [0.1, 0.15) is 19.4 Å². The van der Waals surface area contributed by atoms with E-state index in [0.29, 0.717) is 11.3 Å². The van der Waals surface area contributed by atoms with Gasteiger partial charge in [0.15, 0.2) is 0 Å². The summed E-state index contributed by atoms with van der Waals surface area (Å²) in [6.45, 7) is 5.38. The lowest BCUT2D eigenvalue weighted by molar-refractivity contribution is 0.410. The van der Waals surface area contributed by atoms with E-state index < -0.39 is 10.0 Å². The van der Waals surface area contributed by atoms with E-state index in [4.69, 9.17) is 5.73 Å². The van der Waals surface area contributed by atoms with Gasteiger partial charge < -0.3 is 5.73 Å². The molecule has 1 aromatic carbocycles. The van der Waals surface area contributed by atoms with Crippen molar-refractivity contribution in [3.63, 3.8) is 0 Å². The quantitative estimate of drug-likeness (QED) is 0.819. The Balaban J connectivity index is 3.34. The molecule has 0 bridgehead atoms. The fourth-order valence-electron chi connectivity index (χ4n) is 1.34. The zero-order valence-electron chi connectivity index (χ0n) is 10.1. The predicted molar refractivity (Wildman–Crippen MR) is 65.7 cm³/mol. The van der Waals surface area contributed by atoms with Gasteiger partial charge in [0.05, 0.1) is 4.90 Å². The summed E-state index contributed by atoms with van der Waals surface area (Å²) >= 11 is 0. The fourth-order valence-corrected chi connectivity index (χ4v) is 2.96. The van der Waals surface area contributed by atoms with E-state index in [2.05, 4.69) is 0 Å². The van der Waals surface area contributed by atoms with E-state index >= 15 is 0 Å². The molecule has 4 nitrogen and oxygen atoms in total. The van der Waals surface area contributed by atoms with Crippen LogP contribution in [-0.4, -0.2) is 25.8 Å². The van der Waals surface area contributed by atoms with Crippen LogP contribution in [0.3, 0.4) is 0 Å². The SMILES string of the molecule is Cc1c(N)cccc1S(=O)(=O)N(C)C(C)C. The van der Waals surface area contributed by atoms with Crippen LogP contribution in [0.2, 0.25) is 0 Å². The van der Waals surface area contributed by atoms with Crippen LogP contribution in [0.15, 0.2) is 23.1 Å². The summed E-state index contributed by atoms with van der Waals surface area (Å²) in [4.78, 5) is 0.281. The van der Waals surface area contributed by atoms with E-state index in [1.807, 2.05) is 13.8 Å². The van der Waals surface area contributed by atoms with E-state index in [0.717, 1.165) is 0 Å². The summed E-state index contributed by atoms with van der Waals surface area (Å²) < 4.78 is 25.8. The minimum absolute atomic E-state index is 0.0779. The summed E-state index contributed by atoms with van der Waals surface area (Å²) in [6.07, 6.45) is 0. The van der Waals surface area contributed by atoms with E-state index in [9.17, 15) is 8.42 Å². The average Bonchev–Trinajstić information content (AvgIpc) is 2.20. The molecule has 0 saturated heterocycles. The minimum Gasteiger partial charge on any atom is -0.398 e. The Bertz CT molecular complexity index is 481. The smallest absolute Gasteiger partial charge is 0.243 e. The maximum absolute atomic E-state index is 12.2. The van der Waals surface area contributed by atoms with Crippen LogP contribution in [0, 0.1) is 6.92 Å². The number of sulfonamides is 1. The molecule has 0 unspecified atom stereocenters. The van der Waals surface area contributed by atoms with Crippen LogP contribution in [-0.2, 0) is 10.0 Å². The molecular formula is C11H18N2O2S. The lowest BCUT2D eigenvalue weighted by Crippen LogP contribution is -2.33. The average molecular weight is 242 g/mol. The van der Waals surface area contributed by atoms with Gasteiger partial charge >= 0.3 is 0 Å². The largest absolute Gasteiger partial charge is 0.398 e. The third kappa shape index (κ3) is 2.20. The molecule has 1 rings (SSSR count). The summed E-state index contributed by atoms with van der Waals surface area (Å²) in [5.41, 5.74) is 6.82. The van der Waals surface area contributed by atoms with Crippen molar-refractivity contribution in [3.8, 4) is 0 Å². The molecule has 0 aliphatic rings. The number of nitrogen functional groups attached to an aromatic ring is 1. The van der Waals surface area contributed by atoms with Crippen molar-refractivity contribution in [2.24, 2.45) is 0 Å². The van der Waals surface area contributed by atoms with Crippen molar-refractivity contribution in [1.82, 2.24) is 4.31 Å². The van der Waals surface area contributed by atoms with Crippen LogP contribution in [0.5, 0.6) is 0 Å². The predicted octanol–water partition coefficient (Wildman–Crippen LogP) is 1.61. The number of anilines is 1. The zero-order valence-corrected chi connectivity index (χ0v) is 10.9. The standard InChI is InChI=1S/C11H18N2O2S/c1-8(2)13(4)16(14,15)11-7-5-6-10(12)9(11)3/h5-8H,12H2,1-4H3. The Morgan fingerprint density at radius 2 is 1.88 bits per heavy atom. The van der Waals surface area contributed by atoms with Crippen molar-refractivity contribution < 1.29 is 8.42 Å². The fraction of sp³-hybridized carbons (Fsp3) is 0.455. The number of rotatable bonds is 3. The molecule has 0 aliphatic heterocycles. The van der Waals surface area contributed by atoms with Crippen molar-refractivity contribution in [3.05, 3.63) is 23.8 Å². The molecule has 5 heteroatoms. The van der Waals surface area contributed by atoms with Crippen molar-refractivity contribution in [2.45, 2.75) is 31.7 Å². The van der Waals surface area contributed by atoms with Crippen molar-refractivity contribution in [1.29, 1.82) is 0 Å². The third-order valence-corrected chi connectivity index (χ3v) is 4.89. The molecule has 2 N–H and O–H groups in total. The first-order valence-corrected chi connectivity index (χ1v) is 6.55. The summed E-state index contributed by atoms with van der Waals surface area (Å²) in [6, 6.07) is 4.86. The second-order valence-corrected chi connectivity index (χ2v) is 6.05. The number of benzene rings is 1. The van der Waals surface area contributed by atoms with E-state index in [-0.39, 0.29) is 10.9 Å². The molecule has 90 valence electrons. The number of hydrogen-bond acceptors (Lipinski definition) is 3. The third-order valence-electron chi connectivity index (χ3n) is 2.71. The molecule has 0 spiro atoms. The second kappa shape index (κ2) is 4.43. The Kier molecular flexibility index (Phi) is 3.60. The molecule has 0 saturated carbocycles. The van der Waals surface area contributed by atoms with Gasteiger partial charge in [-0.1, -0.05) is 6.07 Å². The molecule has 0 radical (unpaired) electrons. The molecule has 0 fully saturated rings. The van der Waals surface area contributed by atoms with Gasteiger partial charge in [0, 0.05) is 18.8 Å². The molecule has 0 aliphatic carbocycles. The first-order chi connectivity index (χ1) is 7.28. The lowest BCUT2D eigenvalue weighted by Gasteiger charge is -2.22. The second-order valence-electron chi connectivity index (χ2n) is 4.09. The van der Waals surface area contributed by atoms with Crippen LogP contribution in [0.4, 0.5) is 5.69 Å². The maximum atomic E-state index is 12.2. The molecule has 0 atom stereocenters. The van der Waals surface area contributed by atoms with Crippen molar-refractivity contribution in [2.75, 3.05) is 12.8 Å². The topological polar surface area (TPSA) is 63.4 Å². The molecule has 16 heavy (non-hydrogen) atoms. The summed E-state index contributed by atoms with van der Waals surface area (Å²) in [5, 5.41) is 0. The van der Waals surface area contributed by atoms with Crippen molar-refractivity contribution >= 4 is 15.7 Å². The van der Waals surface area contributed by atoms with Gasteiger partial charge in [-0.2, -0.15) is 4.31 Å². The Morgan fingerprint density at radius 3 is 2.38 bits per heavy atom. The van der Waals surface area contributed by atoms with Gasteiger partial charge in [-0.15, -0.1) is 0 Å².